The van der Waals surface area contributed by atoms with Crippen molar-refractivity contribution < 1.29 is 9.53 Å². The van der Waals surface area contributed by atoms with E-state index in [0.717, 1.165) is 19.3 Å². The fourth-order valence-corrected chi connectivity index (χ4v) is 4.75. The number of allylic oxidation sites excluding steroid dienone is 1. The van der Waals surface area contributed by atoms with Crippen molar-refractivity contribution >= 4 is 28.6 Å². The Kier molecular flexibility index (Phi) is 7.27. The predicted octanol–water partition coefficient (Wildman–Crippen LogP) is 4.49. The fraction of sp³-hybridized carbons (Fsp3) is 0.320. The Morgan fingerprint density at radius 2 is 1.97 bits per heavy atom. The lowest BCUT2D eigenvalue weighted by atomic mass is 9.97. The molecule has 6 nitrogen and oxygen atoms in total. The van der Waals surface area contributed by atoms with E-state index in [9.17, 15) is 9.59 Å². The van der Waals surface area contributed by atoms with Crippen molar-refractivity contribution in [2.45, 2.75) is 37.3 Å². The lowest BCUT2D eigenvalue weighted by Crippen LogP contribution is -2.27. The first-order valence-electron chi connectivity index (χ1n) is 10.9. The van der Waals surface area contributed by atoms with Crippen molar-refractivity contribution in [3.8, 4) is 11.4 Å². The number of thioether (sulfide) groups is 1. The van der Waals surface area contributed by atoms with Gasteiger partial charge in [0.25, 0.3) is 5.56 Å². The molecule has 32 heavy (non-hydrogen) atoms. The summed E-state index contributed by atoms with van der Waals surface area (Å²) in [5.41, 5.74) is 2.46. The second-order valence-corrected chi connectivity index (χ2v) is 8.66. The molecule has 1 aliphatic rings. The second-order valence-electron chi connectivity index (χ2n) is 7.72. The summed E-state index contributed by atoms with van der Waals surface area (Å²) in [7, 11) is 1.57. The maximum atomic E-state index is 13.4. The third-order valence-electron chi connectivity index (χ3n) is 5.56. The van der Waals surface area contributed by atoms with Crippen LogP contribution in [0.1, 0.15) is 32.1 Å². The molecule has 7 heteroatoms. The van der Waals surface area contributed by atoms with E-state index in [2.05, 4.69) is 11.4 Å². The van der Waals surface area contributed by atoms with Crippen LogP contribution < -0.4 is 15.6 Å². The Bertz CT molecular complexity index is 1200. The highest BCUT2D eigenvalue weighted by molar-refractivity contribution is 7.99. The SMILES string of the molecule is COc1ccccc1-n1c(SCC(=O)NCCC2=CCCCC2)nc2ccccc2c1=O. The van der Waals surface area contributed by atoms with Crippen molar-refractivity contribution in [3.63, 3.8) is 0 Å². The number of hydrogen-bond donors (Lipinski definition) is 1. The van der Waals surface area contributed by atoms with Gasteiger partial charge in [-0.1, -0.05) is 47.7 Å². The van der Waals surface area contributed by atoms with E-state index in [0.29, 0.717) is 34.0 Å². The van der Waals surface area contributed by atoms with Crippen molar-refractivity contribution in [2.75, 3.05) is 19.4 Å². The van der Waals surface area contributed by atoms with Crippen LogP contribution in [0, 0.1) is 0 Å². The molecule has 1 amide bonds. The van der Waals surface area contributed by atoms with E-state index in [4.69, 9.17) is 9.72 Å². The van der Waals surface area contributed by atoms with Crippen molar-refractivity contribution in [3.05, 3.63) is 70.5 Å². The summed E-state index contributed by atoms with van der Waals surface area (Å²) in [5.74, 6) is 0.679. The van der Waals surface area contributed by atoms with Crippen LogP contribution in [-0.2, 0) is 4.79 Å². The van der Waals surface area contributed by atoms with Crippen LogP contribution >= 0.6 is 11.8 Å². The minimum Gasteiger partial charge on any atom is -0.495 e. The molecule has 0 unspecified atom stereocenters. The average Bonchev–Trinajstić information content (AvgIpc) is 2.83. The average molecular weight is 450 g/mol. The first kappa shape index (κ1) is 22.1. The van der Waals surface area contributed by atoms with Crippen molar-refractivity contribution in [1.82, 2.24) is 14.9 Å². The van der Waals surface area contributed by atoms with Crippen LogP contribution in [0.4, 0.5) is 0 Å². The number of ether oxygens (including phenoxy) is 1. The zero-order valence-electron chi connectivity index (χ0n) is 18.2. The monoisotopic (exact) mass is 449 g/mol. The van der Waals surface area contributed by atoms with Crippen LogP contribution in [0.25, 0.3) is 16.6 Å². The van der Waals surface area contributed by atoms with E-state index in [-0.39, 0.29) is 17.2 Å². The quantitative estimate of drug-likeness (QED) is 0.312. The second kappa shape index (κ2) is 10.5. The molecule has 1 heterocycles. The summed E-state index contributed by atoms with van der Waals surface area (Å²) >= 11 is 1.25. The number of carbonyl (C=O) groups is 1. The summed E-state index contributed by atoms with van der Waals surface area (Å²) in [6.07, 6.45) is 7.98. The third-order valence-corrected chi connectivity index (χ3v) is 6.50. The smallest absolute Gasteiger partial charge is 0.266 e. The number of carbonyl (C=O) groups excluding carboxylic acids is 1. The third kappa shape index (κ3) is 5.05. The summed E-state index contributed by atoms with van der Waals surface area (Å²) in [4.78, 5) is 30.5. The van der Waals surface area contributed by atoms with Gasteiger partial charge in [-0.05, 0) is 56.4 Å². The number of benzene rings is 2. The van der Waals surface area contributed by atoms with Gasteiger partial charge in [-0.2, -0.15) is 0 Å². The Hall–Kier alpha value is -3.06. The van der Waals surface area contributed by atoms with Gasteiger partial charge in [0, 0.05) is 6.54 Å². The maximum absolute atomic E-state index is 13.4. The van der Waals surface area contributed by atoms with Gasteiger partial charge in [0.15, 0.2) is 5.16 Å². The molecule has 166 valence electrons. The molecule has 4 rings (SSSR count). The van der Waals surface area contributed by atoms with Gasteiger partial charge in [-0.25, -0.2) is 4.98 Å². The Balaban J connectivity index is 1.55. The Labute approximate surface area is 191 Å². The van der Waals surface area contributed by atoms with Crippen LogP contribution in [0.15, 0.2) is 70.1 Å². The molecule has 0 bridgehead atoms. The molecule has 0 saturated heterocycles. The van der Waals surface area contributed by atoms with Crippen LogP contribution in [0.3, 0.4) is 0 Å². The molecular weight excluding hydrogens is 422 g/mol. The zero-order valence-corrected chi connectivity index (χ0v) is 19.0. The van der Waals surface area contributed by atoms with Crippen LogP contribution in [0.5, 0.6) is 5.75 Å². The number of nitrogens with zero attached hydrogens (tertiary/aromatic N) is 2. The van der Waals surface area contributed by atoms with E-state index in [1.807, 2.05) is 36.4 Å². The van der Waals surface area contributed by atoms with Crippen molar-refractivity contribution in [2.24, 2.45) is 0 Å². The molecule has 0 aliphatic heterocycles. The van der Waals surface area contributed by atoms with Gasteiger partial charge >= 0.3 is 0 Å². The minimum atomic E-state index is -0.188. The lowest BCUT2D eigenvalue weighted by molar-refractivity contribution is -0.118. The molecule has 1 aliphatic carbocycles. The van der Waals surface area contributed by atoms with Gasteiger partial charge < -0.3 is 10.1 Å². The molecule has 0 radical (unpaired) electrons. The summed E-state index contributed by atoms with van der Waals surface area (Å²) in [6.45, 7) is 0.635. The topological polar surface area (TPSA) is 73.2 Å². The van der Waals surface area contributed by atoms with Gasteiger partial charge in [-0.3, -0.25) is 14.2 Å². The predicted molar refractivity (Wildman–Crippen MR) is 129 cm³/mol. The molecule has 0 atom stereocenters. The number of rotatable bonds is 8. The highest BCUT2D eigenvalue weighted by Gasteiger charge is 2.17. The molecule has 0 saturated carbocycles. The lowest BCUT2D eigenvalue weighted by Gasteiger charge is -2.16. The highest BCUT2D eigenvalue weighted by Crippen LogP contribution is 2.27. The van der Waals surface area contributed by atoms with Gasteiger partial charge in [0.1, 0.15) is 5.75 Å². The summed E-state index contributed by atoms with van der Waals surface area (Å²) in [6, 6.07) is 14.6. The highest BCUT2D eigenvalue weighted by atomic mass is 32.2. The number of fused-ring (bicyclic) bond motifs is 1. The van der Waals surface area contributed by atoms with Gasteiger partial charge in [0.05, 0.1) is 29.5 Å². The molecule has 0 spiro atoms. The minimum absolute atomic E-state index is 0.0691. The molecule has 1 aromatic heterocycles. The molecule has 3 aromatic rings. The van der Waals surface area contributed by atoms with Crippen molar-refractivity contribution in [1.29, 1.82) is 0 Å². The molecule has 0 fully saturated rings. The molecule has 1 N–H and O–H groups in total. The maximum Gasteiger partial charge on any atom is 0.266 e. The summed E-state index contributed by atoms with van der Waals surface area (Å²) < 4.78 is 7.01. The van der Waals surface area contributed by atoms with Crippen LogP contribution in [-0.4, -0.2) is 34.9 Å². The molecular formula is C25H27N3O3S. The van der Waals surface area contributed by atoms with Gasteiger partial charge in [0.2, 0.25) is 5.91 Å². The molecule has 2 aromatic carbocycles. The standard InChI is InChI=1S/C25H27N3O3S/c1-31-22-14-8-7-13-21(22)28-24(30)19-11-5-6-12-20(19)27-25(28)32-17-23(29)26-16-15-18-9-3-2-4-10-18/h5-9,11-14H,2-4,10,15-17H2,1H3,(H,26,29). The number of amides is 1. The largest absolute Gasteiger partial charge is 0.495 e. The van der Waals surface area contributed by atoms with E-state index >= 15 is 0 Å². The first-order valence-corrected chi connectivity index (χ1v) is 11.9. The first-order chi connectivity index (χ1) is 15.7. The fourth-order valence-electron chi connectivity index (χ4n) is 3.91. The number of aromatic nitrogens is 2. The number of para-hydroxylation sites is 3. The Morgan fingerprint density at radius 1 is 1.16 bits per heavy atom. The zero-order chi connectivity index (χ0) is 22.3. The normalized spacial score (nSPS) is 13.6. The van der Waals surface area contributed by atoms with E-state index in [1.165, 1.54) is 34.7 Å². The van der Waals surface area contributed by atoms with Crippen LogP contribution in [0.2, 0.25) is 0 Å². The van der Waals surface area contributed by atoms with Gasteiger partial charge in [-0.15, -0.1) is 0 Å². The summed E-state index contributed by atoms with van der Waals surface area (Å²) in [5, 5.41) is 3.98. The number of methoxy groups -OCH3 is 1. The number of nitrogens with one attached hydrogen (secondary N) is 1. The van der Waals surface area contributed by atoms with E-state index < -0.39 is 0 Å². The van der Waals surface area contributed by atoms with E-state index in [1.54, 1.807) is 19.2 Å². The Morgan fingerprint density at radius 3 is 2.78 bits per heavy atom. The number of hydrogen-bond acceptors (Lipinski definition) is 5.